The van der Waals surface area contributed by atoms with Crippen LogP contribution in [-0.4, -0.2) is 15.1 Å². The van der Waals surface area contributed by atoms with Crippen molar-refractivity contribution in [1.29, 1.82) is 0 Å². The Morgan fingerprint density at radius 1 is 1.00 bits per heavy atom. The van der Waals surface area contributed by atoms with Crippen LogP contribution in [0.3, 0.4) is 0 Å². The van der Waals surface area contributed by atoms with Crippen LogP contribution in [0.25, 0.3) is 22.7 Å². The lowest BCUT2D eigenvalue weighted by Crippen LogP contribution is -2.28. The zero-order chi connectivity index (χ0) is 15.0. The van der Waals surface area contributed by atoms with E-state index < -0.39 is 5.60 Å². The van der Waals surface area contributed by atoms with E-state index in [1.54, 1.807) is 6.20 Å². The van der Waals surface area contributed by atoms with Crippen LogP contribution in [0.5, 0.6) is 0 Å². The predicted molar refractivity (Wildman–Crippen MR) is 84.2 cm³/mol. The van der Waals surface area contributed by atoms with Crippen LogP contribution >= 0.6 is 0 Å². The number of hydrogen-bond acceptors (Lipinski definition) is 4. The Balaban J connectivity index is 1.85. The Morgan fingerprint density at radius 3 is 2.55 bits per heavy atom. The summed E-state index contributed by atoms with van der Waals surface area (Å²) in [5, 5.41) is 11.0. The van der Waals surface area contributed by atoms with E-state index in [0.717, 1.165) is 36.8 Å². The Kier molecular flexibility index (Phi) is 3.19. The van der Waals surface area contributed by atoms with E-state index in [9.17, 15) is 5.11 Å². The van der Waals surface area contributed by atoms with Crippen molar-refractivity contribution in [3.05, 3.63) is 48.2 Å². The van der Waals surface area contributed by atoms with Crippen LogP contribution in [0.1, 0.15) is 37.7 Å². The first-order chi connectivity index (χ1) is 10.8. The molecule has 0 bridgehead atoms. The second-order valence-electron chi connectivity index (χ2n) is 5.99. The molecule has 1 saturated carbocycles. The van der Waals surface area contributed by atoms with E-state index in [1.165, 1.54) is 6.42 Å². The maximum atomic E-state index is 11.0. The molecule has 4 rings (SSSR count). The first kappa shape index (κ1) is 13.5. The van der Waals surface area contributed by atoms with E-state index in [1.807, 2.05) is 36.4 Å². The highest BCUT2D eigenvalue weighted by Crippen LogP contribution is 2.40. The first-order valence-corrected chi connectivity index (χ1v) is 7.80. The molecule has 0 saturated heterocycles. The number of oxazole rings is 1. The maximum Gasteiger partial charge on any atom is 0.228 e. The highest BCUT2D eigenvalue weighted by molar-refractivity contribution is 5.76. The summed E-state index contributed by atoms with van der Waals surface area (Å²) in [6.07, 6.45) is 6.52. The van der Waals surface area contributed by atoms with Gasteiger partial charge in [-0.15, -0.1) is 0 Å². The lowest BCUT2D eigenvalue weighted by atomic mass is 9.80. The molecule has 4 heteroatoms. The number of pyridine rings is 1. The Bertz CT molecular complexity index is 789. The minimum absolute atomic E-state index is 0.551. The minimum atomic E-state index is -0.813. The van der Waals surface area contributed by atoms with Crippen LogP contribution in [0, 0.1) is 0 Å². The molecular weight excluding hydrogens is 276 g/mol. The molecule has 2 heterocycles. The zero-order valence-corrected chi connectivity index (χ0v) is 12.3. The van der Waals surface area contributed by atoms with Crippen molar-refractivity contribution in [2.75, 3.05) is 0 Å². The number of aromatic nitrogens is 2. The second-order valence-corrected chi connectivity index (χ2v) is 5.99. The summed E-state index contributed by atoms with van der Waals surface area (Å²) in [7, 11) is 0. The van der Waals surface area contributed by atoms with Crippen LogP contribution in [0.2, 0.25) is 0 Å². The fourth-order valence-corrected chi connectivity index (χ4v) is 3.31. The van der Waals surface area contributed by atoms with Gasteiger partial charge in [0, 0.05) is 17.3 Å². The molecule has 1 aliphatic carbocycles. The Labute approximate surface area is 128 Å². The van der Waals surface area contributed by atoms with Gasteiger partial charge in [0.1, 0.15) is 0 Å². The van der Waals surface area contributed by atoms with Gasteiger partial charge >= 0.3 is 0 Å². The number of fused-ring (bicyclic) bond motifs is 1. The molecule has 0 radical (unpaired) electrons. The Morgan fingerprint density at radius 2 is 1.77 bits per heavy atom. The van der Waals surface area contributed by atoms with Crippen molar-refractivity contribution in [3.63, 3.8) is 0 Å². The molecule has 0 amide bonds. The average Bonchev–Trinajstić information content (AvgIpc) is 3.00. The van der Waals surface area contributed by atoms with Gasteiger partial charge in [-0.1, -0.05) is 37.5 Å². The SMILES string of the molecule is OC1(c2ccnc3nc(-c4ccccc4)oc23)CCCCC1. The fourth-order valence-electron chi connectivity index (χ4n) is 3.31. The molecule has 112 valence electrons. The zero-order valence-electron chi connectivity index (χ0n) is 12.3. The summed E-state index contributed by atoms with van der Waals surface area (Å²) >= 11 is 0. The third kappa shape index (κ3) is 2.20. The largest absolute Gasteiger partial charge is 0.434 e. The van der Waals surface area contributed by atoms with Crippen molar-refractivity contribution in [1.82, 2.24) is 9.97 Å². The van der Waals surface area contributed by atoms with Crippen LogP contribution in [-0.2, 0) is 5.60 Å². The molecule has 4 nitrogen and oxygen atoms in total. The fraction of sp³-hybridized carbons (Fsp3) is 0.333. The standard InChI is InChI=1S/C18H18N2O2/c21-18(10-5-2-6-11-18)14-9-12-19-16-15(14)22-17(20-16)13-7-3-1-4-8-13/h1,3-4,7-9,12,21H,2,5-6,10-11H2. The number of rotatable bonds is 2. The van der Waals surface area contributed by atoms with Gasteiger partial charge in [0.2, 0.25) is 5.89 Å². The van der Waals surface area contributed by atoms with Gasteiger partial charge in [-0.3, -0.25) is 0 Å². The summed E-state index contributed by atoms with van der Waals surface area (Å²) in [4.78, 5) is 8.78. The van der Waals surface area contributed by atoms with Gasteiger partial charge in [0.25, 0.3) is 0 Å². The number of hydrogen-bond donors (Lipinski definition) is 1. The number of nitrogens with zero attached hydrogens (tertiary/aromatic N) is 2. The maximum absolute atomic E-state index is 11.0. The molecule has 2 aromatic heterocycles. The van der Waals surface area contributed by atoms with Crippen LogP contribution in [0.15, 0.2) is 47.0 Å². The van der Waals surface area contributed by atoms with Gasteiger partial charge in [-0.25, -0.2) is 4.98 Å². The minimum Gasteiger partial charge on any atom is -0.434 e. The van der Waals surface area contributed by atoms with E-state index in [0.29, 0.717) is 17.1 Å². The van der Waals surface area contributed by atoms with Gasteiger partial charge in [-0.2, -0.15) is 4.98 Å². The number of benzene rings is 1. The monoisotopic (exact) mass is 294 g/mol. The topological polar surface area (TPSA) is 59.2 Å². The van der Waals surface area contributed by atoms with Crippen molar-refractivity contribution in [3.8, 4) is 11.5 Å². The molecule has 0 atom stereocenters. The van der Waals surface area contributed by atoms with Crippen molar-refractivity contribution < 1.29 is 9.52 Å². The molecule has 0 unspecified atom stereocenters. The molecular formula is C18H18N2O2. The first-order valence-electron chi connectivity index (χ1n) is 7.80. The quantitative estimate of drug-likeness (QED) is 0.775. The van der Waals surface area contributed by atoms with Crippen molar-refractivity contribution >= 4 is 11.2 Å². The molecule has 1 N–H and O–H groups in total. The van der Waals surface area contributed by atoms with E-state index >= 15 is 0 Å². The summed E-state index contributed by atoms with van der Waals surface area (Å²) in [5.74, 6) is 0.551. The molecule has 22 heavy (non-hydrogen) atoms. The van der Waals surface area contributed by atoms with Crippen molar-refractivity contribution in [2.45, 2.75) is 37.7 Å². The van der Waals surface area contributed by atoms with Gasteiger partial charge in [0.15, 0.2) is 11.2 Å². The van der Waals surface area contributed by atoms with Gasteiger partial charge < -0.3 is 9.52 Å². The molecule has 1 aliphatic rings. The Hall–Kier alpha value is -2.20. The summed E-state index contributed by atoms with van der Waals surface area (Å²) in [6, 6.07) is 11.6. The summed E-state index contributed by atoms with van der Waals surface area (Å²) < 4.78 is 5.97. The summed E-state index contributed by atoms with van der Waals surface area (Å²) in [6.45, 7) is 0. The highest BCUT2D eigenvalue weighted by Gasteiger charge is 2.34. The summed E-state index contributed by atoms with van der Waals surface area (Å²) in [5.41, 5.74) is 2.11. The molecule has 3 aromatic rings. The van der Waals surface area contributed by atoms with E-state index in [2.05, 4.69) is 9.97 Å². The van der Waals surface area contributed by atoms with Gasteiger partial charge in [0.05, 0.1) is 5.60 Å². The lowest BCUT2D eigenvalue weighted by Gasteiger charge is -2.32. The molecule has 0 spiro atoms. The lowest BCUT2D eigenvalue weighted by molar-refractivity contribution is -0.0000418. The van der Waals surface area contributed by atoms with Crippen molar-refractivity contribution in [2.24, 2.45) is 0 Å². The molecule has 0 aliphatic heterocycles. The normalized spacial score (nSPS) is 17.7. The second kappa shape index (κ2) is 5.21. The third-order valence-electron chi connectivity index (χ3n) is 4.49. The third-order valence-corrected chi connectivity index (χ3v) is 4.49. The van der Waals surface area contributed by atoms with Gasteiger partial charge in [-0.05, 0) is 31.0 Å². The molecule has 1 aromatic carbocycles. The highest BCUT2D eigenvalue weighted by atomic mass is 16.4. The predicted octanol–water partition coefficient (Wildman–Crippen LogP) is 4.04. The van der Waals surface area contributed by atoms with E-state index in [-0.39, 0.29) is 0 Å². The van der Waals surface area contributed by atoms with Crippen LogP contribution in [0.4, 0.5) is 0 Å². The average molecular weight is 294 g/mol. The van der Waals surface area contributed by atoms with E-state index in [4.69, 9.17) is 4.42 Å². The smallest absolute Gasteiger partial charge is 0.228 e. The molecule has 1 fully saturated rings. The van der Waals surface area contributed by atoms with Crippen LogP contribution < -0.4 is 0 Å². The number of aliphatic hydroxyl groups is 1.